The van der Waals surface area contributed by atoms with Gasteiger partial charge in [0.25, 0.3) is 0 Å². The summed E-state index contributed by atoms with van der Waals surface area (Å²) in [5, 5.41) is 0. The molecule has 0 atom stereocenters. The molecule has 0 bridgehead atoms. The minimum absolute atomic E-state index is 0.00172. The summed E-state index contributed by atoms with van der Waals surface area (Å²) in [7, 11) is -0.497. The molecule has 0 aromatic heterocycles. The Kier molecular flexibility index (Phi) is 5.46. The van der Waals surface area contributed by atoms with E-state index in [0.717, 1.165) is 6.26 Å². The van der Waals surface area contributed by atoms with Gasteiger partial charge in [-0.2, -0.15) is 0 Å². The molecule has 2 aromatic carbocycles. The molecule has 6 nitrogen and oxygen atoms in total. The van der Waals surface area contributed by atoms with E-state index in [1.165, 1.54) is 26.4 Å². The molecule has 7 heteroatoms. The van der Waals surface area contributed by atoms with Gasteiger partial charge in [-0.1, -0.05) is 12.1 Å². The molecule has 24 heavy (non-hydrogen) atoms. The molecule has 0 unspecified atom stereocenters. The summed E-state index contributed by atoms with van der Waals surface area (Å²) in [5.41, 5.74) is 0.615. The van der Waals surface area contributed by atoms with Gasteiger partial charge < -0.3 is 14.2 Å². The average Bonchev–Trinajstić information content (AvgIpc) is 2.58. The molecule has 2 aromatic rings. The van der Waals surface area contributed by atoms with E-state index in [1.807, 2.05) is 0 Å². The first-order valence-electron chi connectivity index (χ1n) is 7.04. The van der Waals surface area contributed by atoms with Crippen LogP contribution in [0.1, 0.15) is 15.9 Å². The predicted octanol–water partition coefficient (Wildman–Crippen LogP) is 2.46. The van der Waals surface area contributed by atoms with Gasteiger partial charge in [0.2, 0.25) is 0 Å². The summed E-state index contributed by atoms with van der Waals surface area (Å²) < 4.78 is 39.1. The Labute approximate surface area is 140 Å². The summed E-state index contributed by atoms with van der Waals surface area (Å²) in [6.07, 6.45) is 1.05. The van der Waals surface area contributed by atoms with E-state index in [4.69, 9.17) is 14.2 Å². The topological polar surface area (TPSA) is 78.9 Å². The molecule has 0 fully saturated rings. The Bertz CT molecular complexity index is 842. The number of methoxy groups -OCH3 is 2. The monoisotopic (exact) mass is 350 g/mol. The first-order chi connectivity index (χ1) is 11.4. The molecule has 0 spiro atoms. The summed E-state index contributed by atoms with van der Waals surface area (Å²) in [4.78, 5) is 12.2. The van der Waals surface area contributed by atoms with Crippen LogP contribution in [0.2, 0.25) is 0 Å². The van der Waals surface area contributed by atoms with Gasteiger partial charge in [0.05, 0.1) is 24.7 Å². The van der Waals surface area contributed by atoms with Gasteiger partial charge in [-0.15, -0.1) is 0 Å². The van der Waals surface area contributed by atoms with Gasteiger partial charge in [-0.25, -0.2) is 13.2 Å². The van der Waals surface area contributed by atoms with Crippen LogP contribution in [-0.4, -0.2) is 34.9 Å². The van der Waals surface area contributed by atoms with Gasteiger partial charge in [0.1, 0.15) is 18.1 Å². The lowest BCUT2D eigenvalue weighted by molar-refractivity contribution is 0.0465. The molecule has 0 radical (unpaired) electrons. The largest absolute Gasteiger partial charge is 0.497 e. The van der Waals surface area contributed by atoms with E-state index < -0.39 is 15.8 Å². The Balaban J connectivity index is 2.24. The minimum Gasteiger partial charge on any atom is -0.497 e. The molecule has 0 aliphatic heterocycles. The van der Waals surface area contributed by atoms with E-state index in [1.54, 1.807) is 30.3 Å². The second-order valence-corrected chi connectivity index (χ2v) is 7.01. The van der Waals surface area contributed by atoms with Crippen molar-refractivity contribution < 1.29 is 27.4 Å². The lowest BCUT2D eigenvalue weighted by Crippen LogP contribution is -2.11. The van der Waals surface area contributed by atoms with Crippen LogP contribution in [-0.2, 0) is 21.2 Å². The van der Waals surface area contributed by atoms with Crippen molar-refractivity contribution in [2.75, 3.05) is 20.5 Å². The molecular weight excluding hydrogens is 332 g/mol. The Hall–Kier alpha value is -2.54. The fourth-order valence-electron chi connectivity index (χ4n) is 2.17. The highest BCUT2D eigenvalue weighted by atomic mass is 32.2. The van der Waals surface area contributed by atoms with E-state index in [9.17, 15) is 13.2 Å². The molecule has 0 heterocycles. The van der Waals surface area contributed by atoms with Crippen molar-refractivity contribution in [2.45, 2.75) is 11.5 Å². The van der Waals surface area contributed by atoms with E-state index in [0.29, 0.717) is 17.1 Å². The van der Waals surface area contributed by atoms with Crippen LogP contribution in [0, 0.1) is 0 Å². The maximum absolute atomic E-state index is 12.3. The first kappa shape index (κ1) is 17.8. The number of rotatable bonds is 6. The van der Waals surface area contributed by atoms with E-state index in [-0.39, 0.29) is 17.1 Å². The fourth-order valence-corrected chi connectivity index (χ4v) is 3.05. The van der Waals surface area contributed by atoms with Crippen molar-refractivity contribution in [1.29, 1.82) is 0 Å². The van der Waals surface area contributed by atoms with Crippen molar-refractivity contribution in [3.63, 3.8) is 0 Å². The third kappa shape index (κ3) is 4.05. The van der Waals surface area contributed by atoms with E-state index >= 15 is 0 Å². The second kappa shape index (κ2) is 7.35. The van der Waals surface area contributed by atoms with Crippen LogP contribution in [0.4, 0.5) is 0 Å². The van der Waals surface area contributed by atoms with Crippen LogP contribution in [0.5, 0.6) is 11.5 Å². The maximum atomic E-state index is 12.3. The predicted molar refractivity (Wildman–Crippen MR) is 88.2 cm³/mol. The van der Waals surface area contributed by atoms with Crippen molar-refractivity contribution in [3.8, 4) is 11.5 Å². The standard InChI is InChI=1S/C17H18O6S/c1-21-13-8-9-15(22-2)12(10-13)11-23-17(18)14-6-4-5-7-16(14)24(3,19)20/h4-10H,11H2,1-3H3. The number of ether oxygens (including phenoxy) is 3. The molecule has 0 amide bonds. The highest BCUT2D eigenvalue weighted by Gasteiger charge is 2.19. The molecule has 0 N–H and O–H groups in total. The van der Waals surface area contributed by atoms with Gasteiger partial charge in [0.15, 0.2) is 9.84 Å². The Morgan fingerprint density at radius 2 is 1.75 bits per heavy atom. The van der Waals surface area contributed by atoms with Crippen molar-refractivity contribution >= 4 is 15.8 Å². The third-order valence-electron chi connectivity index (χ3n) is 3.35. The highest BCUT2D eigenvalue weighted by Crippen LogP contribution is 2.25. The number of hydrogen-bond acceptors (Lipinski definition) is 6. The van der Waals surface area contributed by atoms with Crippen molar-refractivity contribution in [2.24, 2.45) is 0 Å². The normalized spacial score (nSPS) is 11.0. The van der Waals surface area contributed by atoms with Crippen molar-refractivity contribution in [1.82, 2.24) is 0 Å². The first-order valence-corrected chi connectivity index (χ1v) is 8.93. The van der Waals surface area contributed by atoms with Crippen LogP contribution in [0.25, 0.3) is 0 Å². The third-order valence-corrected chi connectivity index (χ3v) is 4.51. The zero-order chi connectivity index (χ0) is 17.7. The molecule has 0 aliphatic rings. The number of esters is 1. The molecular formula is C17H18O6S. The minimum atomic E-state index is -3.53. The number of hydrogen-bond donors (Lipinski definition) is 0. The number of carbonyl (C=O) groups excluding carboxylic acids is 1. The van der Waals surface area contributed by atoms with Gasteiger partial charge >= 0.3 is 5.97 Å². The van der Waals surface area contributed by atoms with Crippen LogP contribution in [0.3, 0.4) is 0 Å². The molecule has 0 saturated heterocycles. The number of sulfone groups is 1. The lowest BCUT2D eigenvalue weighted by atomic mass is 10.2. The SMILES string of the molecule is COc1ccc(OC)c(COC(=O)c2ccccc2S(C)(=O)=O)c1. The summed E-state index contributed by atoms with van der Waals surface area (Å²) in [6.45, 7) is -0.0721. The highest BCUT2D eigenvalue weighted by molar-refractivity contribution is 7.90. The van der Waals surface area contributed by atoms with Crippen LogP contribution in [0.15, 0.2) is 47.4 Å². The Morgan fingerprint density at radius 1 is 1.04 bits per heavy atom. The molecule has 2 rings (SSSR count). The summed E-state index contributed by atoms with van der Waals surface area (Å²) in [5.74, 6) is 0.416. The van der Waals surface area contributed by atoms with Gasteiger partial charge in [0, 0.05) is 11.8 Å². The zero-order valence-corrected chi connectivity index (χ0v) is 14.4. The van der Waals surface area contributed by atoms with Crippen LogP contribution >= 0.6 is 0 Å². The second-order valence-electron chi connectivity index (χ2n) is 5.02. The molecule has 0 saturated carbocycles. The quantitative estimate of drug-likeness (QED) is 0.745. The van der Waals surface area contributed by atoms with Crippen LogP contribution < -0.4 is 9.47 Å². The average molecular weight is 350 g/mol. The maximum Gasteiger partial charge on any atom is 0.339 e. The van der Waals surface area contributed by atoms with Gasteiger partial charge in [-0.05, 0) is 30.3 Å². The fraction of sp³-hybridized carbons (Fsp3) is 0.235. The zero-order valence-electron chi connectivity index (χ0n) is 13.6. The lowest BCUT2D eigenvalue weighted by Gasteiger charge is -2.12. The van der Waals surface area contributed by atoms with E-state index in [2.05, 4.69) is 0 Å². The van der Waals surface area contributed by atoms with Crippen molar-refractivity contribution in [3.05, 3.63) is 53.6 Å². The molecule has 0 aliphatic carbocycles. The van der Waals surface area contributed by atoms with Gasteiger partial charge in [-0.3, -0.25) is 0 Å². The summed E-state index contributed by atoms with van der Waals surface area (Å²) >= 11 is 0. The number of benzene rings is 2. The molecule has 128 valence electrons. The Morgan fingerprint density at radius 3 is 2.38 bits per heavy atom. The number of carbonyl (C=O) groups is 1. The summed E-state index contributed by atoms with van der Waals surface area (Å²) in [6, 6.07) is 11.0. The smallest absolute Gasteiger partial charge is 0.339 e.